The maximum atomic E-state index is 13.3. The third kappa shape index (κ3) is 7.32. The second-order valence-electron chi connectivity index (χ2n) is 7.63. The molecule has 1 unspecified atom stereocenters. The van der Waals surface area contributed by atoms with Crippen LogP contribution in [0.1, 0.15) is 61.8 Å². The highest BCUT2D eigenvalue weighted by atomic mass is 32.1. The number of thiophene rings is 1. The summed E-state index contributed by atoms with van der Waals surface area (Å²) in [5.41, 5.74) is 1.10. The Labute approximate surface area is 179 Å². The van der Waals surface area contributed by atoms with Gasteiger partial charge in [0.15, 0.2) is 0 Å². The van der Waals surface area contributed by atoms with E-state index < -0.39 is 0 Å². The van der Waals surface area contributed by atoms with Gasteiger partial charge in [0.2, 0.25) is 11.8 Å². The number of unbranched alkanes of at least 4 members (excludes halogenated alkanes) is 1. The van der Waals surface area contributed by atoms with Crippen molar-refractivity contribution in [1.82, 2.24) is 9.80 Å². The van der Waals surface area contributed by atoms with E-state index in [0.717, 1.165) is 24.8 Å². The first-order chi connectivity index (χ1) is 13.9. The van der Waals surface area contributed by atoms with Crippen molar-refractivity contribution in [3.05, 3.63) is 57.8 Å². The van der Waals surface area contributed by atoms with Gasteiger partial charge in [-0.3, -0.25) is 9.59 Å². The summed E-state index contributed by atoms with van der Waals surface area (Å²) in [6, 6.07) is 14.3. The summed E-state index contributed by atoms with van der Waals surface area (Å²) < 4.78 is 0. The zero-order chi connectivity index (χ0) is 21.2. The standard InChI is InChI=1S/C24H34N2O2S/c1-5-7-13-23(27)26(19(3)6-2)18-24(28)25(16-21-11-9-8-10-12-21)17-22-15-14-20(4)29-22/h8-12,14-15,19H,5-7,13,16-18H2,1-4H3. The van der Waals surface area contributed by atoms with Gasteiger partial charge in [-0.05, 0) is 44.4 Å². The summed E-state index contributed by atoms with van der Waals surface area (Å²) in [6.45, 7) is 9.52. The van der Waals surface area contributed by atoms with E-state index in [4.69, 9.17) is 0 Å². The van der Waals surface area contributed by atoms with Crippen LogP contribution in [0.3, 0.4) is 0 Å². The van der Waals surface area contributed by atoms with Crippen LogP contribution in [0.25, 0.3) is 0 Å². The van der Waals surface area contributed by atoms with Crippen LogP contribution >= 0.6 is 11.3 Å². The Hall–Kier alpha value is -2.14. The number of hydrogen-bond donors (Lipinski definition) is 0. The molecule has 0 saturated carbocycles. The number of aryl methyl sites for hydroxylation is 1. The van der Waals surface area contributed by atoms with Gasteiger partial charge in [0.1, 0.15) is 6.54 Å². The van der Waals surface area contributed by atoms with Gasteiger partial charge < -0.3 is 9.80 Å². The summed E-state index contributed by atoms with van der Waals surface area (Å²) in [6.07, 6.45) is 3.19. The third-order valence-electron chi connectivity index (χ3n) is 5.20. The van der Waals surface area contributed by atoms with Gasteiger partial charge in [0.05, 0.1) is 6.54 Å². The van der Waals surface area contributed by atoms with Gasteiger partial charge in [-0.25, -0.2) is 0 Å². The molecule has 5 heteroatoms. The smallest absolute Gasteiger partial charge is 0.242 e. The Morgan fingerprint density at radius 3 is 2.31 bits per heavy atom. The molecule has 0 spiro atoms. The average Bonchev–Trinajstić information content (AvgIpc) is 3.14. The molecule has 158 valence electrons. The van der Waals surface area contributed by atoms with Crippen LogP contribution in [0.15, 0.2) is 42.5 Å². The molecule has 0 bridgehead atoms. The SMILES string of the molecule is CCCCC(=O)N(CC(=O)N(Cc1ccccc1)Cc1ccc(C)s1)C(C)CC. The highest BCUT2D eigenvalue weighted by Gasteiger charge is 2.24. The largest absolute Gasteiger partial charge is 0.332 e. The van der Waals surface area contributed by atoms with Crippen molar-refractivity contribution in [3.8, 4) is 0 Å². The molecule has 2 amide bonds. The minimum absolute atomic E-state index is 0.00468. The van der Waals surface area contributed by atoms with Crippen molar-refractivity contribution < 1.29 is 9.59 Å². The number of carbonyl (C=O) groups excluding carboxylic acids is 2. The Balaban J connectivity index is 2.17. The summed E-state index contributed by atoms with van der Waals surface area (Å²) >= 11 is 1.72. The zero-order valence-corrected chi connectivity index (χ0v) is 19.0. The van der Waals surface area contributed by atoms with Crippen molar-refractivity contribution in [2.24, 2.45) is 0 Å². The van der Waals surface area contributed by atoms with Crippen LogP contribution in [0.5, 0.6) is 0 Å². The predicted octanol–water partition coefficient (Wildman–Crippen LogP) is 5.40. The molecule has 0 aliphatic heterocycles. The van der Waals surface area contributed by atoms with Crippen molar-refractivity contribution in [2.45, 2.75) is 72.5 Å². The molecule has 0 radical (unpaired) electrons. The number of rotatable bonds is 11. The zero-order valence-electron chi connectivity index (χ0n) is 18.2. The lowest BCUT2D eigenvalue weighted by atomic mass is 10.1. The highest BCUT2D eigenvalue weighted by Crippen LogP contribution is 2.19. The van der Waals surface area contributed by atoms with Crippen molar-refractivity contribution in [3.63, 3.8) is 0 Å². The number of carbonyl (C=O) groups is 2. The van der Waals surface area contributed by atoms with Crippen LogP contribution in [0, 0.1) is 6.92 Å². The monoisotopic (exact) mass is 414 g/mol. The molecular formula is C24H34N2O2S. The second kappa shape index (κ2) is 11.8. The van der Waals surface area contributed by atoms with E-state index in [1.165, 1.54) is 9.75 Å². The van der Waals surface area contributed by atoms with Crippen molar-refractivity contribution in [1.29, 1.82) is 0 Å². The average molecular weight is 415 g/mol. The van der Waals surface area contributed by atoms with E-state index in [9.17, 15) is 9.59 Å². The molecule has 0 aliphatic rings. The maximum Gasteiger partial charge on any atom is 0.242 e. The number of hydrogen-bond acceptors (Lipinski definition) is 3. The first kappa shape index (κ1) is 23.1. The Morgan fingerprint density at radius 1 is 1.00 bits per heavy atom. The predicted molar refractivity (Wildman–Crippen MR) is 121 cm³/mol. The Morgan fingerprint density at radius 2 is 1.72 bits per heavy atom. The molecule has 29 heavy (non-hydrogen) atoms. The first-order valence-electron chi connectivity index (χ1n) is 10.6. The molecule has 4 nitrogen and oxygen atoms in total. The summed E-state index contributed by atoms with van der Waals surface area (Å²) in [4.78, 5) is 32.1. The third-order valence-corrected chi connectivity index (χ3v) is 6.19. The Kier molecular flexibility index (Phi) is 9.39. The molecule has 1 aromatic heterocycles. The van der Waals surface area contributed by atoms with E-state index in [2.05, 4.69) is 32.9 Å². The summed E-state index contributed by atoms with van der Waals surface area (Å²) in [5, 5.41) is 0. The van der Waals surface area contributed by atoms with Crippen LogP contribution in [0.4, 0.5) is 0 Å². The topological polar surface area (TPSA) is 40.6 Å². The number of nitrogens with zero attached hydrogens (tertiary/aromatic N) is 2. The van der Waals surface area contributed by atoms with E-state index in [1.54, 1.807) is 16.2 Å². The normalized spacial score (nSPS) is 11.9. The number of benzene rings is 1. The molecule has 0 N–H and O–H groups in total. The van der Waals surface area contributed by atoms with Crippen LogP contribution in [0.2, 0.25) is 0 Å². The molecule has 0 fully saturated rings. The molecule has 1 aromatic carbocycles. The summed E-state index contributed by atoms with van der Waals surface area (Å²) in [5.74, 6) is 0.0891. The minimum Gasteiger partial charge on any atom is -0.332 e. The molecule has 1 atom stereocenters. The highest BCUT2D eigenvalue weighted by molar-refractivity contribution is 7.11. The van der Waals surface area contributed by atoms with Gasteiger partial charge >= 0.3 is 0 Å². The quantitative estimate of drug-likeness (QED) is 0.494. The molecule has 1 heterocycles. The lowest BCUT2D eigenvalue weighted by molar-refractivity contribution is -0.143. The lowest BCUT2D eigenvalue weighted by Crippen LogP contribution is -2.46. The van der Waals surface area contributed by atoms with Gasteiger partial charge in [0.25, 0.3) is 0 Å². The van der Waals surface area contributed by atoms with Gasteiger partial charge in [-0.15, -0.1) is 11.3 Å². The van der Waals surface area contributed by atoms with E-state index in [1.807, 2.05) is 42.2 Å². The fourth-order valence-electron chi connectivity index (χ4n) is 3.22. The molecule has 2 aromatic rings. The fourth-order valence-corrected chi connectivity index (χ4v) is 4.13. The minimum atomic E-state index is 0.00468. The van der Waals surface area contributed by atoms with Gasteiger partial charge in [-0.1, -0.05) is 50.6 Å². The van der Waals surface area contributed by atoms with Crippen LogP contribution < -0.4 is 0 Å². The maximum absolute atomic E-state index is 13.3. The van der Waals surface area contributed by atoms with Crippen molar-refractivity contribution in [2.75, 3.05) is 6.54 Å². The van der Waals surface area contributed by atoms with Crippen LogP contribution in [-0.4, -0.2) is 34.2 Å². The van der Waals surface area contributed by atoms with E-state index in [-0.39, 0.29) is 24.4 Å². The van der Waals surface area contributed by atoms with Crippen molar-refractivity contribution >= 4 is 23.2 Å². The molecular weight excluding hydrogens is 380 g/mol. The Bertz CT molecular complexity index is 772. The fraction of sp³-hybridized carbons (Fsp3) is 0.500. The van der Waals surface area contributed by atoms with Gasteiger partial charge in [0, 0.05) is 28.8 Å². The summed E-state index contributed by atoms with van der Waals surface area (Å²) in [7, 11) is 0. The lowest BCUT2D eigenvalue weighted by Gasteiger charge is -2.31. The van der Waals surface area contributed by atoms with Crippen LogP contribution in [-0.2, 0) is 22.7 Å². The molecule has 2 rings (SSSR count). The second-order valence-corrected chi connectivity index (χ2v) is 9.00. The van der Waals surface area contributed by atoms with E-state index in [0.29, 0.717) is 19.5 Å². The molecule has 0 aliphatic carbocycles. The first-order valence-corrected chi connectivity index (χ1v) is 11.4. The molecule has 0 saturated heterocycles. The number of amides is 2. The van der Waals surface area contributed by atoms with Gasteiger partial charge in [-0.2, -0.15) is 0 Å². The van der Waals surface area contributed by atoms with E-state index >= 15 is 0 Å².